The number of nitrogens with two attached hydrogens (primary N) is 2. The minimum atomic E-state index is -3.71. The molecule has 0 saturated heterocycles. The number of sulfonamides is 1. The van der Waals surface area contributed by atoms with Crippen LogP contribution < -0.4 is 10.9 Å². The number of anilines is 1. The highest BCUT2D eigenvalue weighted by atomic mass is 32.2. The average Bonchev–Trinajstić information content (AvgIpc) is 2.07. The predicted molar refractivity (Wildman–Crippen MR) is 68.0 cm³/mol. The van der Waals surface area contributed by atoms with E-state index in [0.717, 1.165) is 4.90 Å². The summed E-state index contributed by atoms with van der Waals surface area (Å²) >= 11 is 1.57. The van der Waals surface area contributed by atoms with Gasteiger partial charge in [0.1, 0.15) is 0 Å². The lowest BCUT2D eigenvalue weighted by atomic mass is 10.2. The van der Waals surface area contributed by atoms with Gasteiger partial charge in [0.2, 0.25) is 10.0 Å². The summed E-state index contributed by atoms with van der Waals surface area (Å²) < 4.78 is 22.7. The fraction of sp³-hybridized carbons (Fsp3) is 0.400. The molecule has 1 aromatic carbocycles. The van der Waals surface area contributed by atoms with E-state index < -0.39 is 10.0 Å². The third-order valence-corrected chi connectivity index (χ3v) is 4.19. The first-order chi connectivity index (χ1) is 7.21. The van der Waals surface area contributed by atoms with Crippen molar-refractivity contribution in [2.24, 2.45) is 5.14 Å². The molecule has 0 aliphatic rings. The Morgan fingerprint density at radius 2 is 1.88 bits per heavy atom. The summed E-state index contributed by atoms with van der Waals surface area (Å²) in [5.41, 5.74) is 6.74. The highest BCUT2D eigenvalue weighted by molar-refractivity contribution is 8.00. The van der Waals surface area contributed by atoms with Crippen LogP contribution in [0, 0.1) is 6.92 Å². The Labute approximate surface area is 100 Å². The van der Waals surface area contributed by atoms with E-state index in [0.29, 0.717) is 16.5 Å². The third kappa shape index (κ3) is 3.13. The molecule has 4 N–H and O–H groups in total. The lowest BCUT2D eigenvalue weighted by Crippen LogP contribution is -2.14. The maximum Gasteiger partial charge on any atom is 0.238 e. The summed E-state index contributed by atoms with van der Waals surface area (Å²) in [4.78, 5) is 0.967. The summed E-state index contributed by atoms with van der Waals surface area (Å²) in [6, 6.07) is 3.17. The molecule has 6 heteroatoms. The van der Waals surface area contributed by atoms with Crippen LogP contribution in [0.1, 0.15) is 19.4 Å². The third-order valence-electron chi connectivity index (χ3n) is 2.00. The van der Waals surface area contributed by atoms with Crippen molar-refractivity contribution in [2.75, 3.05) is 5.73 Å². The van der Waals surface area contributed by atoms with Crippen LogP contribution in [0.4, 0.5) is 5.69 Å². The first-order valence-corrected chi connectivity index (χ1v) is 7.24. The van der Waals surface area contributed by atoms with Gasteiger partial charge in [-0.25, -0.2) is 13.6 Å². The van der Waals surface area contributed by atoms with Crippen LogP contribution in [-0.4, -0.2) is 13.7 Å². The average molecular weight is 260 g/mol. The molecule has 0 aromatic heterocycles. The van der Waals surface area contributed by atoms with Gasteiger partial charge in [-0.2, -0.15) is 0 Å². The zero-order chi connectivity index (χ0) is 12.5. The van der Waals surface area contributed by atoms with Crippen molar-refractivity contribution in [2.45, 2.75) is 35.8 Å². The van der Waals surface area contributed by atoms with Crippen LogP contribution in [-0.2, 0) is 10.0 Å². The Bertz CT molecular complexity index is 496. The first kappa shape index (κ1) is 13.3. The van der Waals surface area contributed by atoms with Crippen LogP contribution in [0.25, 0.3) is 0 Å². The molecule has 16 heavy (non-hydrogen) atoms. The molecule has 0 fully saturated rings. The second-order valence-electron chi connectivity index (χ2n) is 3.85. The van der Waals surface area contributed by atoms with Gasteiger partial charge < -0.3 is 5.73 Å². The minimum absolute atomic E-state index is 0.107. The Hall–Kier alpha value is -0.720. The molecule has 0 saturated carbocycles. The van der Waals surface area contributed by atoms with E-state index in [1.807, 2.05) is 13.8 Å². The second-order valence-corrected chi connectivity index (χ2v) is 7.00. The SMILES string of the molecule is Cc1c(SC(C)C)cc(N)cc1S(N)(=O)=O. The van der Waals surface area contributed by atoms with Crippen molar-refractivity contribution >= 4 is 27.5 Å². The monoisotopic (exact) mass is 260 g/mol. The molecule has 0 spiro atoms. The van der Waals surface area contributed by atoms with Crippen molar-refractivity contribution in [1.82, 2.24) is 0 Å². The molecule has 0 amide bonds. The molecule has 0 atom stereocenters. The molecule has 90 valence electrons. The number of hydrogen-bond donors (Lipinski definition) is 2. The van der Waals surface area contributed by atoms with Gasteiger partial charge >= 0.3 is 0 Å². The van der Waals surface area contributed by atoms with Crippen LogP contribution in [0.5, 0.6) is 0 Å². The molecule has 0 bridgehead atoms. The Balaban J connectivity index is 3.38. The van der Waals surface area contributed by atoms with E-state index in [4.69, 9.17) is 10.9 Å². The normalized spacial score (nSPS) is 12.1. The van der Waals surface area contributed by atoms with Crippen LogP contribution >= 0.6 is 11.8 Å². The fourth-order valence-corrected chi connectivity index (χ4v) is 3.25. The number of primary sulfonamides is 1. The van der Waals surface area contributed by atoms with E-state index >= 15 is 0 Å². The minimum Gasteiger partial charge on any atom is -0.399 e. The van der Waals surface area contributed by atoms with Crippen molar-refractivity contribution in [3.63, 3.8) is 0 Å². The van der Waals surface area contributed by atoms with Gasteiger partial charge in [0.15, 0.2) is 0 Å². The van der Waals surface area contributed by atoms with Gasteiger partial charge in [-0.3, -0.25) is 0 Å². The van der Waals surface area contributed by atoms with E-state index in [1.54, 1.807) is 24.8 Å². The topological polar surface area (TPSA) is 86.2 Å². The van der Waals surface area contributed by atoms with Crippen LogP contribution in [0.15, 0.2) is 21.9 Å². The molecule has 1 aromatic rings. The highest BCUT2D eigenvalue weighted by Gasteiger charge is 2.16. The van der Waals surface area contributed by atoms with Crippen molar-refractivity contribution in [3.05, 3.63) is 17.7 Å². The summed E-state index contributed by atoms with van der Waals surface area (Å²) in [7, 11) is -3.71. The zero-order valence-electron chi connectivity index (χ0n) is 9.52. The molecule has 0 unspecified atom stereocenters. The Kier molecular flexibility index (Phi) is 3.88. The smallest absolute Gasteiger partial charge is 0.238 e. The number of rotatable bonds is 3. The number of nitrogen functional groups attached to an aromatic ring is 1. The maximum absolute atomic E-state index is 11.4. The van der Waals surface area contributed by atoms with Crippen LogP contribution in [0.3, 0.4) is 0 Å². The van der Waals surface area contributed by atoms with Gasteiger partial charge in [0.25, 0.3) is 0 Å². The fourth-order valence-electron chi connectivity index (χ4n) is 1.35. The van der Waals surface area contributed by atoms with E-state index in [-0.39, 0.29) is 4.90 Å². The van der Waals surface area contributed by atoms with Crippen molar-refractivity contribution < 1.29 is 8.42 Å². The predicted octanol–water partition coefficient (Wildman–Crippen LogP) is 1.73. The molecule has 4 nitrogen and oxygen atoms in total. The number of benzene rings is 1. The standard InChI is InChI=1S/C10H16N2O2S2/c1-6(2)15-9-4-8(11)5-10(7(9)3)16(12,13)14/h4-6H,11H2,1-3H3,(H2,12,13,14). The first-order valence-electron chi connectivity index (χ1n) is 4.81. The van der Waals surface area contributed by atoms with Crippen molar-refractivity contribution in [1.29, 1.82) is 0 Å². The largest absolute Gasteiger partial charge is 0.399 e. The number of hydrogen-bond acceptors (Lipinski definition) is 4. The van der Waals surface area contributed by atoms with Gasteiger partial charge in [-0.05, 0) is 24.6 Å². The lowest BCUT2D eigenvalue weighted by Gasteiger charge is -2.12. The molecule has 0 aliphatic carbocycles. The molecular weight excluding hydrogens is 244 g/mol. The van der Waals surface area contributed by atoms with Gasteiger partial charge in [0, 0.05) is 15.8 Å². The van der Waals surface area contributed by atoms with Gasteiger partial charge in [-0.15, -0.1) is 11.8 Å². The molecule has 0 radical (unpaired) electrons. The van der Waals surface area contributed by atoms with E-state index in [2.05, 4.69) is 0 Å². The molecule has 1 rings (SSSR count). The zero-order valence-corrected chi connectivity index (χ0v) is 11.2. The molecule has 0 heterocycles. The summed E-state index contributed by atoms with van der Waals surface area (Å²) in [5, 5.41) is 5.49. The van der Waals surface area contributed by atoms with E-state index in [1.165, 1.54) is 6.07 Å². The van der Waals surface area contributed by atoms with Gasteiger partial charge in [0.05, 0.1) is 4.90 Å². The van der Waals surface area contributed by atoms with Crippen molar-refractivity contribution in [3.8, 4) is 0 Å². The molecular formula is C10H16N2O2S2. The van der Waals surface area contributed by atoms with E-state index in [9.17, 15) is 8.42 Å². The quantitative estimate of drug-likeness (QED) is 0.640. The Morgan fingerprint density at radius 3 is 2.31 bits per heavy atom. The molecule has 0 aliphatic heterocycles. The summed E-state index contributed by atoms with van der Waals surface area (Å²) in [6.45, 7) is 5.80. The van der Waals surface area contributed by atoms with Gasteiger partial charge in [-0.1, -0.05) is 13.8 Å². The Morgan fingerprint density at radius 1 is 1.31 bits per heavy atom. The number of thioether (sulfide) groups is 1. The lowest BCUT2D eigenvalue weighted by molar-refractivity contribution is 0.597. The second kappa shape index (κ2) is 4.65. The summed E-state index contributed by atoms with van der Waals surface area (Å²) in [6.07, 6.45) is 0. The maximum atomic E-state index is 11.4. The summed E-state index contributed by atoms with van der Waals surface area (Å²) in [5.74, 6) is 0. The highest BCUT2D eigenvalue weighted by Crippen LogP contribution is 2.32. The van der Waals surface area contributed by atoms with Crippen LogP contribution in [0.2, 0.25) is 0 Å².